The first-order valence-corrected chi connectivity index (χ1v) is 14.9. The molecule has 1 heterocycles. The highest BCUT2D eigenvalue weighted by molar-refractivity contribution is 6.99. The van der Waals surface area contributed by atoms with Gasteiger partial charge in [0.15, 0.2) is 17.8 Å². The Bertz CT molecular complexity index is 1200. The van der Waals surface area contributed by atoms with Crippen molar-refractivity contribution in [2.45, 2.75) is 70.5 Å². The topological polar surface area (TPSA) is 101 Å². The summed E-state index contributed by atoms with van der Waals surface area (Å²) < 4.78 is 29.9. The highest BCUT2D eigenvalue weighted by Gasteiger charge is 2.70. The molecule has 0 unspecified atom stereocenters. The molecule has 4 rings (SSSR count). The van der Waals surface area contributed by atoms with E-state index in [4.69, 9.17) is 23.4 Å². The summed E-state index contributed by atoms with van der Waals surface area (Å²) in [5, 5.41) is 1.91. The Balaban J connectivity index is 1.77. The van der Waals surface area contributed by atoms with E-state index < -0.39 is 50.1 Å². The number of esters is 3. The van der Waals surface area contributed by atoms with Gasteiger partial charge in [-0.1, -0.05) is 81.4 Å². The number of carbonyl (C=O) groups excluding carboxylic acids is 3. The van der Waals surface area contributed by atoms with Gasteiger partial charge >= 0.3 is 17.9 Å². The zero-order valence-corrected chi connectivity index (χ0v) is 24.3. The van der Waals surface area contributed by atoms with E-state index in [1.807, 2.05) is 36.4 Å². The Kier molecular flexibility index (Phi) is 8.16. The molecule has 2 aliphatic rings. The first-order valence-electron chi connectivity index (χ1n) is 13.0. The van der Waals surface area contributed by atoms with Crippen molar-refractivity contribution in [3.8, 4) is 0 Å². The molecular weight excluding hydrogens is 516 g/mol. The quantitative estimate of drug-likeness (QED) is 0.154. The maximum absolute atomic E-state index is 12.1. The summed E-state index contributed by atoms with van der Waals surface area (Å²) in [6, 6.07) is 20.4. The van der Waals surface area contributed by atoms with Gasteiger partial charge in [-0.05, 0) is 21.5 Å². The number of hydrogen-bond donors (Lipinski definition) is 0. The second-order valence-corrected chi connectivity index (χ2v) is 15.3. The lowest BCUT2D eigenvalue weighted by molar-refractivity contribution is -0.150. The number of epoxide rings is 1. The van der Waals surface area contributed by atoms with E-state index in [1.165, 1.54) is 20.8 Å². The molecule has 2 aromatic rings. The Morgan fingerprint density at radius 2 is 1.38 bits per heavy atom. The molecule has 0 aromatic heterocycles. The van der Waals surface area contributed by atoms with Gasteiger partial charge in [0.25, 0.3) is 8.32 Å². The van der Waals surface area contributed by atoms with Crippen molar-refractivity contribution in [2.75, 3.05) is 13.2 Å². The lowest BCUT2D eigenvalue weighted by atomic mass is 9.85. The summed E-state index contributed by atoms with van der Waals surface area (Å²) in [6.07, 6.45) is -0.609. The third kappa shape index (κ3) is 5.71. The maximum atomic E-state index is 12.1. The number of hydrogen-bond acceptors (Lipinski definition) is 8. The third-order valence-electron chi connectivity index (χ3n) is 7.22. The minimum absolute atomic E-state index is 0.0952. The van der Waals surface area contributed by atoms with Crippen LogP contribution in [0.4, 0.5) is 0 Å². The Labute approximate surface area is 230 Å². The predicted octanol–water partition coefficient (Wildman–Crippen LogP) is 3.07. The molecule has 0 N–H and O–H groups in total. The van der Waals surface area contributed by atoms with Crippen LogP contribution in [0.5, 0.6) is 0 Å². The molecule has 0 amide bonds. The van der Waals surface area contributed by atoms with Gasteiger partial charge in [-0.15, -0.1) is 0 Å². The SMILES string of the molecule is CC(=O)OCC1=C[C@H](OC(C)=O)[C@@]2(CO[Si](c3ccccc3)(c3ccccc3)C(C)(C)C)O[C@H]2[C@@H]1OC(C)=O. The average molecular weight is 553 g/mol. The van der Waals surface area contributed by atoms with Gasteiger partial charge in [0, 0.05) is 26.3 Å². The number of rotatable bonds is 9. The smallest absolute Gasteiger partial charge is 0.303 e. The number of benzene rings is 2. The summed E-state index contributed by atoms with van der Waals surface area (Å²) in [5.41, 5.74) is -0.575. The van der Waals surface area contributed by atoms with E-state index in [0.717, 1.165) is 10.4 Å². The standard InChI is InChI=1S/C30H36O8Si/c1-20(31)34-18-23-17-26(36-21(2)32)30(28(38-30)27(23)37-22(3)33)19-35-39(29(4,5)6,24-13-9-7-10-14-24)25-15-11-8-12-16-25/h7-17,26-28H,18-19H2,1-6H3/t26-,27+,28-,30+/m0/s1. The van der Waals surface area contributed by atoms with Crippen LogP contribution in [0.3, 0.4) is 0 Å². The van der Waals surface area contributed by atoms with Crippen molar-refractivity contribution in [3.05, 3.63) is 72.3 Å². The summed E-state index contributed by atoms with van der Waals surface area (Å²) >= 11 is 0. The molecule has 0 bridgehead atoms. The number of ether oxygens (including phenoxy) is 4. The van der Waals surface area contributed by atoms with E-state index in [0.29, 0.717) is 5.57 Å². The van der Waals surface area contributed by atoms with Crippen LogP contribution in [0.25, 0.3) is 0 Å². The molecule has 0 saturated carbocycles. The van der Waals surface area contributed by atoms with Crippen molar-refractivity contribution in [3.63, 3.8) is 0 Å². The van der Waals surface area contributed by atoms with E-state index in [1.54, 1.807) is 6.08 Å². The van der Waals surface area contributed by atoms with E-state index in [9.17, 15) is 14.4 Å². The Morgan fingerprint density at radius 1 is 0.846 bits per heavy atom. The minimum Gasteiger partial charge on any atom is -0.461 e. The number of fused-ring (bicyclic) bond motifs is 1. The highest BCUT2D eigenvalue weighted by Crippen LogP contribution is 2.51. The fraction of sp³-hybridized carbons (Fsp3) is 0.433. The fourth-order valence-electron chi connectivity index (χ4n) is 5.50. The molecular formula is C30H36O8Si. The second kappa shape index (κ2) is 11.1. The molecule has 0 radical (unpaired) electrons. The average Bonchev–Trinajstić information content (AvgIpc) is 3.61. The minimum atomic E-state index is -2.94. The highest BCUT2D eigenvalue weighted by atomic mass is 28.4. The van der Waals surface area contributed by atoms with Crippen LogP contribution >= 0.6 is 0 Å². The number of carbonyl (C=O) groups is 3. The summed E-state index contributed by atoms with van der Waals surface area (Å²) in [7, 11) is -2.94. The van der Waals surface area contributed by atoms with Crippen molar-refractivity contribution in [2.24, 2.45) is 0 Å². The predicted molar refractivity (Wildman–Crippen MR) is 147 cm³/mol. The Morgan fingerprint density at radius 3 is 1.85 bits per heavy atom. The van der Waals surface area contributed by atoms with Crippen LogP contribution < -0.4 is 10.4 Å². The molecule has 9 heteroatoms. The van der Waals surface area contributed by atoms with Gasteiger partial charge in [0.1, 0.15) is 12.7 Å². The molecule has 1 fully saturated rings. The first-order chi connectivity index (χ1) is 18.4. The normalized spacial score (nSPS) is 24.2. The van der Waals surface area contributed by atoms with E-state index >= 15 is 0 Å². The maximum Gasteiger partial charge on any atom is 0.303 e. The van der Waals surface area contributed by atoms with Crippen LogP contribution in [-0.4, -0.2) is 63.4 Å². The summed E-state index contributed by atoms with van der Waals surface area (Å²) in [6.45, 7) is 10.4. The fourth-order valence-corrected chi connectivity index (χ4v) is 10.1. The summed E-state index contributed by atoms with van der Waals surface area (Å²) in [4.78, 5) is 35.7. The molecule has 2 aromatic carbocycles. The van der Waals surface area contributed by atoms with Crippen LogP contribution in [0.1, 0.15) is 41.5 Å². The van der Waals surface area contributed by atoms with E-state index in [-0.39, 0.29) is 18.3 Å². The lowest BCUT2D eigenvalue weighted by Gasteiger charge is -2.44. The van der Waals surface area contributed by atoms with Gasteiger partial charge in [-0.2, -0.15) is 0 Å². The van der Waals surface area contributed by atoms with Gasteiger partial charge in [-0.3, -0.25) is 14.4 Å². The van der Waals surface area contributed by atoms with Gasteiger partial charge in [0.05, 0.1) is 6.61 Å². The summed E-state index contributed by atoms with van der Waals surface area (Å²) in [5.74, 6) is -1.48. The monoisotopic (exact) mass is 552 g/mol. The Hall–Kier alpha value is -3.27. The van der Waals surface area contributed by atoms with Gasteiger partial charge < -0.3 is 23.4 Å². The van der Waals surface area contributed by atoms with E-state index in [2.05, 4.69) is 45.0 Å². The largest absolute Gasteiger partial charge is 0.461 e. The molecule has 1 saturated heterocycles. The second-order valence-electron chi connectivity index (χ2n) is 11.0. The van der Waals surface area contributed by atoms with Crippen molar-refractivity contribution < 1.29 is 37.8 Å². The zero-order chi connectivity index (χ0) is 28.4. The first kappa shape index (κ1) is 28.7. The molecule has 208 valence electrons. The van der Waals surface area contributed by atoms with Crippen LogP contribution in [0, 0.1) is 0 Å². The molecule has 4 atom stereocenters. The molecule has 1 aliphatic carbocycles. The van der Waals surface area contributed by atoms with Gasteiger partial charge in [0.2, 0.25) is 0 Å². The third-order valence-corrected chi connectivity index (χ3v) is 12.2. The van der Waals surface area contributed by atoms with Crippen molar-refractivity contribution >= 4 is 36.6 Å². The molecule has 8 nitrogen and oxygen atoms in total. The molecule has 1 aliphatic heterocycles. The van der Waals surface area contributed by atoms with Gasteiger partial charge in [-0.25, -0.2) is 0 Å². The van der Waals surface area contributed by atoms with Crippen LogP contribution in [0.15, 0.2) is 72.3 Å². The van der Waals surface area contributed by atoms with Crippen LogP contribution in [-0.2, 0) is 37.8 Å². The van der Waals surface area contributed by atoms with Crippen molar-refractivity contribution in [1.82, 2.24) is 0 Å². The van der Waals surface area contributed by atoms with Crippen LogP contribution in [0.2, 0.25) is 5.04 Å². The molecule has 39 heavy (non-hydrogen) atoms. The lowest BCUT2D eigenvalue weighted by Crippen LogP contribution is -2.67. The molecule has 0 spiro atoms. The van der Waals surface area contributed by atoms with Crippen molar-refractivity contribution in [1.29, 1.82) is 0 Å². The zero-order valence-electron chi connectivity index (χ0n) is 23.3.